The van der Waals surface area contributed by atoms with E-state index in [2.05, 4.69) is 22.4 Å². The highest BCUT2D eigenvalue weighted by Crippen LogP contribution is 2.38. The van der Waals surface area contributed by atoms with Gasteiger partial charge in [0.15, 0.2) is 5.82 Å². The molecule has 0 saturated carbocycles. The number of nitrogens with one attached hydrogen (secondary N) is 1. The molecule has 0 fully saturated rings. The van der Waals surface area contributed by atoms with Crippen LogP contribution in [0.25, 0.3) is 44.4 Å². The van der Waals surface area contributed by atoms with Crippen LogP contribution < -0.4 is 10.1 Å². The molecule has 5 rings (SSSR count). The molecule has 0 aliphatic heterocycles. The molecule has 3 aromatic heterocycles. The summed E-state index contributed by atoms with van der Waals surface area (Å²) in [4.78, 5) is 13.7. The summed E-state index contributed by atoms with van der Waals surface area (Å²) < 4.78 is 11.3. The second kappa shape index (κ2) is 6.91. The zero-order valence-corrected chi connectivity index (χ0v) is 16.0. The highest BCUT2D eigenvalue weighted by atomic mass is 16.5. The smallest absolute Gasteiger partial charge is 0.163 e. The lowest BCUT2D eigenvalue weighted by Gasteiger charge is -2.13. The minimum absolute atomic E-state index is 0.595. The fraction of sp³-hybridized carbons (Fsp3) is 0.0870. The molecule has 3 heterocycles. The van der Waals surface area contributed by atoms with Crippen molar-refractivity contribution in [2.75, 3.05) is 19.5 Å². The first-order valence-electron chi connectivity index (χ1n) is 9.23. The highest BCUT2D eigenvalue weighted by Gasteiger charge is 2.16. The van der Waals surface area contributed by atoms with Crippen molar-refractivity contribution in [3.8, 4) is 28.3 Å². The monoisotopic (exact) mass is 382 g/mol. The normalized spacial score (nSPS) is 11.1. The summed E-state index contributed by atoms with van der Waals surface area (Å²) in [5.41, 5.74) is 4.51. The third-order valence-corrected chi connectivity index (χ3v) is 4.95. The van der Waals surface area contributed by atoms with E-state index >= 15 is 0 Å². The SMILES string of the molecule is CNc1nc(-c2cccnc2)nc2c(OC)cc(-c3cccc4occc34)cc12. The largest absolute Gasteiger partial charge is 0.494 e. The first-order chi connectivity index (χ1) is 14.3. The van der Waals surface area contributed by atoms with Crippen LogP contribution >= 0.6 is 0 Å². The van der Waals surface area contributed by atoms with Gasteiger partial charge in [-0.2, -0.15) is 0 Å². The number of hydrogen-bond acceptors (Lipinski definition) is 6. The molecule has 0 spiro atoms. The number of pyridine rings is 1. The predicted molar refractivity (Wildman–Crippen MR) is 114 cm³/mol. The van der Waals surface area contributed by atoms with Crippen molar-refractivity contribution in [1.29, 1.82) is 0 Å². The molecule has 0 amide bonds. The van der Waals surface area contributed by atoms with Gasteiger partial charge in [-0.05, 0) is 47.5 Å². The van der Waals surface area contributed by atoms with Crippen LogP contribution in [-0.4, -0.2) is 29.1 Å². The molecule has 0 radical (unpaired) electrons. The zero-order valence-electron chi connectivity index (χ0n) is 16.0. The lowest BCUT2D eigenvalue weighted by atomic mass is 9.99. The Morgan fingerprint density at radius 2 is 1.90 bits per heavy atom. The number of anilines is 1. The van der Waals surface area contributed by atoms with E-state index in [9.17, 15) is 0 Å². The topological polar surface area (TPSA) is 73.1 Å². The van der Waals surface area contributed by atoms with Crippen LogP contribution in [0.5, 0.6) is 5.75 Å². The molecular formula is C23H18N4O2. The van der Waals surface area contributed by atoms with E-state index in [4.69, 9.17) is 19.1 Å². The molecule has 0 unspecified atom stereocenters. The Bertz CT molecular complexity index is 1330. The van der Waals surface area contributed by atoms with Crippen molar-refractivity contribution >= 4 is 27.7 Å². The van der Waals surface area contributed by atoms with Crippen LogP contribution in [0.4, 0.5) is 5.82 Å². The molecule has 1 N–H and O–H groups in total. The van der Waals surface area contributed by atoms with E-state index < -0.39 is 0 Å². The standard InChI is InChI=1S/C23H18N4O2/c1-24-23-18-11-15(16-6-3-7-19-17(16)8-10-29-19)12-20(28-2)21(18)26-22(27-23)14-5-4-9-25-13-14/h3-13H,1-2H3,(H,24,26,27). The van der Waals surface area contributed by atoms with E-state index in [1.807, 2.05) is 43.4 Å². The number of hydrogen-bond donors (Lipinski definition) is 1. The quantitative estimate of drug-likeness (QED) is 0.463. The van der Waals surface area contributed by atoms with Gasteiger partial charge in [0.05, 0.1) is 13.4 Å². The lowest BCUT2D eigenvalue weighted by molar-refractivity contribution is 0.419. The number of rotatable bonds is 4. The van der Waals surface area contributed by atoms with E-state index in [1.165, 1.54) is 0 Å². The van der Waals surface area contributed by atoms with Gasteiger partial charge in [0.1, 0.15) is 22.7 Å². The third kappa shape index (κ3) is 2.86. The lowest BCUT2D eigenvalue weighted by Crippen LogP contribution is -2.01. The van der Waals surface area contributed by atoms with Gasteiger partial charge in [-0.3, -0.25) is 4.98 Å². The van der Waals surface area contributed by atoms with Gasteiger partial charge in [0.25, 0.3) is 0 Å². The Morgan fingerprint density at radius 3 is 2.69 bits per heavy atom. The van der Waals surface area contributed by atoms with Crippen molar-refractivity contribution in [2.45, 2.75) is 0 Å². The summed E-state index contributed by atoms with van der Waals surface area (Å²) in [6, 6.07) is 15.9. The molecule has 6 nitrogen and oxygen atoms in total. The van der Waals surface area contributed by atoms with E-state index in [1.54, 1.807) is 25.8 Å². The summed E-state index contributed by atoms with van der Waals surface area (Å²) in [5.74, 6) is 2.01. The van der Waals surface area contributed by atoms with Gasteiger partial charge in [-0.1, -0.05) is 12.1 Å². The number of aromatic nitrogens is 3. The highest BCUT2D eigenvalue weighted by molar-refractivity contribution is 6.01. The Kier molecular flexibility index (Phi) is 4.09. The minimum Gasteiger partial charge on any atom is -0.494 e. The van der Waals surface area contributed by atoms with Crippen molar-refractivity contribution < 1.29 is 9.15 Å². The van der Waals surface area contributed by atoms with Crippen LogP contribution in [0.2, 0.25) is 0 Å². The van der Waals surface area contributed by atoms with Crippen LogP contribution in [0.15, 0.2) is 71.6 Å². The molecule has 0 aliphatic rings. The van der Waals surface area contributed by atoms with Crippen molar-refractivity contribution in [1.82, 2.24) is 15.0 Å². The van der Waals surface area contributed by atoms with Gasteiger partial charge >= 0.3 is 0 Å². The van der Waals surface area contributed by atoms with Crippen molar-refractivity contribution in [3.63, 3.8) is 0 Å². The number of benzene rings is 2. The molecule has 2 aromatic carbocycles. The van der Waals surface area contributed by atoms with Gasteiger partial charge in [0, 0.05) is 35.8 Å². The Morgan fingerprint density at radius 1 is 0.966 bits per heavy atom. The molecule has 0 atom stereocenters. The van der Waals surface area contributed by atoms with Gasteiger partial charge < -0.3 is 14.5 Å². The predicted octanol–water partition coefficient (Wildman–Crippen LogP) is 5.16. The number of methoxy groups -OCH3 is 1. The van der Waals surface area contributed by atoms with Crippen LogP contribution in [-0.2, 0) is 0 Å². The van der Waals surface area contributed by atoms with Crippen LogP contribution in [0.3, 0.4) is 0 Å². The molecule has 5 aromatic rings. The Balaban J connectivity index is 1.79. The second-order valence-electron chi connectivity index (χ2n) is 6.60. The van der Waals surface area contributed by atoms with E-state index in [-0.39, 0.29) is 0 Å². The second-order valence-corrected chi connectivity index (χ2v) is 6.60. The molecule has 0 saturated heterocycles. The summed E-state index contributed by atoms with van der Waals surface area (Å²) in [6.07, 6.45) is 5.18. The summed E-state index contributed by atoms with van der Waals surface area (Å²) in [6.45, 7) is 0. The zero-order chi connectivity index (χ0) is 19.8. The summed E-state index contributed by atoms with van der Waals surface area (Å²) >= 11 is 0. The number of fused-ring (bicyclic) bond motifs is 2. The third-order valence-electron chi connectivity index (χ3n) is 4.95. The minimum atomic E-state index is 0.595. The van der Waals surface area contributed by atoms with Gasteiger partial charge in [0.2, 0.25) is 0 Å². The Labute approximate surface area is 167 Å². The van der Waals surface area contributed by atoms with Gasteiger partial charge in [-0.25, -0.2) is 9.97 Å². The number of furan rings is 1. The molecule has 6 heteroatoms. The molecule has 0 aliphatic carbocycles. The van der Waals surface area contributed by atoms with Gasteiger partial charge in [-0.15, -0.1) is 0 Å². The van der Waals surface area contributed by atoms with Crippen LogP contribution in [0, 0.1) is 0 Å². The maximum absolute atomic E-state index is 5.72. The average Bonchev–Trinajstić information content (AvgIpc) is 3.27. The van der Waals surface area contributed by atoms with Crippen LogP contribution in [0.1, 0.15) is 0 Å². The first kappa shape index (κ1) is 17.2. The van der Waals surface area contributed by atoms with Crippen molar-refractivity contribution in [2.24, 2.45) is 0 Å². The summed E-state index contributed by atoms with van der Waals surface area (Å²) in [5, 5.41) is 5.13. The molecular weight excluding hydrogens is 364 g/mol. The maximum atomic E-state index is 5.72. The van der Waals surface area contributed by atoms with E-state index in [0.717, 1.165) is 44.4 Å². The molecule has 29 heavy (non-hydrogen) atoms. The first-order valence-corrected chi connectivity index (χ1v) is 9.23. The van der Waals surface area contributed by atoms with Crippen molar-refractivity contribution in [3.05, 3.63) is 67.2 Å². The fourth-order valence-electron chi connectivity index (χ4n) is 3.57. The maximum Gasteiger partial charge on any atom is 0.163 e. The fourth-order valence-corrected chi connectivity index (χ4v) is 3.57. The van der Waals surface area contributed by atoms with E-state index in [0.29, 0.717) is 11.6 Å². The number of ether oxygens (including phenoxy) is 1. The number of nitrogens with zero attached hydrogens (tertiary/aromatic N) is 3. The Hall–Kier alpha value is -3.93. The molecule has 142 valence electrons. The molecule has 0 bridgehead atoms. The summed E-state index contributed by atoms with van der Waals surface area (Å²) in [7, 11) is 3.51. The average molecular weight is 382 g/mol.